The van der Waals surface area contributed by atoms with Gasteiger partial charge in [-0.15, -0.1) is 0 Å². The molecule has 1 saturated heterocycles. The zero-order chi connectivity index (χ0) is 33.4. The van der Waals surface area contributed by atoms with Gasteiger partial charge in [0, 0.05) is 30.3 Å². The Kier molecular flexibility index (Phi) is 8.40. The quantitative estimate of drug-likeness (QED) is 0.123. The summed E-state index contributed by atoms with van der Waals surface area (Å²) in [6.07, 6.45) is 1.03. The molecular weight excluding hydrogens is 623 g/mol. The normalized spacial score (nSPS) is 14.7. The SMILES string of the molecule is O=C(NC1CCN(C(=O)c2ccc3ccccc3c2)CC1)c1cc2ccccc2cc1C(=O)C(c1cccc2ccccc12)P(=O)(O)O. The van der Waals surface area contributed by atoms with Crippen LogP contribution < -0.4 is 5.32 Å². The minimum atomic E-state index is -5.04. The van der Waals surface area contributed by atoms with Crippen molar-refractivity contribution in [2.24, 2.45) is 0 Å². The van der Waals surface area contributed by atoms with E-state index in [2.05, 4.69) is 5.32 Å². The highest BCUT2D eigenvalue weighted by Gasteiger charge is 2.40. The molecule has 1 fully saturated rings. The van der Waals surface area contributed by atoms with Crippen LogP contribution in [0.3, 0.4) is 0 Å². The molecule has 240 valence electrons. The Labute approximate surface area is 277 Å². The van der Waals surface area contributed by atoms with E-state index in [9.17, 15) is 28.7 Å². The van der Waals surface area contributed by atoms with Crippen LogP contribution in [0.5, 0.6) is 0 Å². The Bertz CT molecular complexity index is 2270. The molecule has 2 amide bonds. The minimum absolute atomic E-state index is 0.0482. The van der Waals surface area contributed by atoms with Crippen molar-refractivity contribution in [3.8, 4) is 0 Å². The lowest BCUT2D eigenvalue weighted by Crippen LogP contribution is -2.46. The molecule has 7 rings (SSSR count). The number of ketones is 1. The first-order chi connectivity index (χ1) is 23.2. The van der Waals surface area contributed by atoms with Crippen LogP contribution in [0.1, 0.15) is 55.1 Å². The molecule has 0 spiro atoms. The number of Topliss-reactive ketones (excluding diaryl/α,β-unsaturated/α-hetero) is 1. The molecule has 0 aliphatic carbocycles. The van der Waals surface area contributed by atoms with E-state index < -0.39 is 24.9 Å². The summed E-state index contributed by atoms with van der Waals surface area (Å²) in [5.41, 5.74) is -1.00. The molecule has 0 aromatic heterocycles. The second-order valence-corrected chi connectivity index (χ2v) is 14.0. The number of rotatable bonds is 7. The van der Waals surface area contributed by atoms with E-state index >= 15 is 0 Å². The third kappa shape index (κ3) is 6.14. The van der Waals surface area contributed by atoms with E-state index in [1.54, 1.807) is 53.4 Å². The summed E-state index contributed by atoms with van der Waals surface area (Å²) >= 11 is 0. The number of piperidine rings is 1. The maximum Gasteiger partial charge on any atom is 0.340 e. The first-order valence-corrected chi connectivity index (χ1v) is 17.5. The van der Waals surface area contributed by atoms with E-state index in [4.69, 9.17) is 0 Å². The second kappa shape index (κ2) is 12.8. The lowest BCUT2D eigenvalue weighted by molar-refractivity contribution is 0.0697. The summed E-state index contributed by atoms with van der Waals surface area (Å²) in [6.45, 7) is 0.892. The first kappa shape index (κ1) is 31.5. The molecular formula is C39H33N2O6P. The van der Waals surface area contributed by atoms with Gasteiger partial charge in [-0.1, -0.05) is 97.1 Å². The predicted octanol–water partition coefficient (Wildman–Crippen LogP) is 7.28. The summed E-state index contributed by atoms with van der Waals surface area (Å²) in [4.78, 5) is 64.5. The van der Waals surface area contributed by atoms with Crippen molar-refractivity contribution < 1.29 is 28.7 Å². The highest BCUT2D eigenvalue weighted by molar-refractivity contribution is 7.53. The van der Waals surface area contributed by atoms with Gasteiger partial charge in [-0.05, 0) is 75.0 Å². The smallest absolute Gasteiger partial charge is 0.340 e. The molecule has 3 N–H and O–H groups in total. The third-order valence-corrected chi connectivity index (χ3v) is 10.4. The Balaban J connectivity index is 1.15. The van der Waals surface area contributed by atoms with Crippen LogP contribution in [-0.2, 0) is 4.57 Å². The van der Waals surface area contributed by atoms with Crippen LogP contribution in [-0.4, -0.2) is 51.4 Å². The lowest BCUT2D eigenvalue weighted by atomic mass is 9.92. The Morgan fingerprint density at radius 1 is 0.667 bits per heavy atom. The number of amides is 2. The number of benzene rings is 6. The number of nitrogens with zero attached hydrogens (tertiary/aromatic N) is 1. The topological polar surface area (TPSA) is 124 Å². The maximum atomic E-state index is 14.3. The van der Waals surface area contributed by atoms with Crippen molar-refractivity contribution in [2.75, 3.05) is 13.1 Å². The van der Waals surface area contributed by atoms with Crippen molar-refractivity contribution in [1.82, 2.24) is 10.2 Å². The average molecular weight is 657 g/mol. The van der Waals surface area contributed by atoms with E-state index in [0.717, 1.165) is 16.2 Å². The molecule has 6 aromatic carbocycles. The minimum Gasteiger partial charge on any atom is -0.349 e. The summed E-state index contributed by atoms with van der Waals surface area (Å²) in [7, 11) is -5.04. The average Bonchev–Trinajstić information content (AvgIpc) is 3.10. The van der Waals surface area contributed by atoms with Crippen molar-refractivity contribution in [3.63, 3.8) is 0 Å². The summed E-state index contributed by atoms with van der Waals surface area (Å²) in [6, 6.07) is 35.8. The summed E-state index contributed by atoms with van der Waals surface area (Å²) < 4.78 is 13.0. The fourth-order valence-electron chi connectivity index (χ4n) is 6.74. The molecule has 1 unspecified atom stereocenters. The Hall–Kier alpha value is -5.14. The predicted molar refractivity (Wildman–Crippen MR) is 187 cm³/mol. The molecule has 0 bridgehead atoms. The van der Waals surface area contributed by atoms with Crippen molar-refractivity contribution >= 4 is 57.5 Å². The Morgan fingerprint density at radius 2 is 1.23 bits per heavy atom. The van der Waals surface area contributed by atoms with Gasteiger partial charge >= 0.3 is 7.60 Å². The third-order valence-electron chi connectivity index (χ3n) is 9.21. The number of fused-ring (bicyclic) bond motifs is 3. The second-order valence-electron chi connectivity index (χ2n) is 12.3. The standard InChI is InChI=1S/C39H33N2O6P/c42-36(37(48(45,46)47)33-15-7-13-26-9-5-6-14-32(26)33)34-23-28-11-3-4-12-29(28)24-35(34)38(43)40-31-18-20-41(21-19-31)39(44)30-17-16-25-8-1-2-10-27(25)22-30/h1-17,22-24,31,37H,18-21H2,(H,40,43)(H2,45,46,47). The van der Waals surface area contributed by atoms with Gasteiger partial charge in [-0.2, -0.15) is 0 Å². The largest absolute Gasteiger partial charge is 0.349 e. The highest BCUT2D eigenvalue weighted by atomic mass is 31.2. The van der Waals surface area contributed by atoms with Gasteiger partial charge < -0.3 is 20.0 Å². The fraction of sp³-hybridized carbons (Fsp3) is 0.154. The molecule has 0 saturated carbocycles. The molecule has 48 heavy (non-hydrogen) atoms. The molecule has 0 radical (unpaired) electrons. The monoisotopic (exact) mass is 656 g/mol. The van der Waals surface area contributed by atoms with Crippen molar-refractivity contribution in [3.05, 3.63) is 144 Å². The molecule has 1 atom stereocenters. The lowest BCUT2D eigenvalue weighted by Gasteiger charge is -2.32. The van der Waals surface area contributed by atoms with Crippen molar-refractivity contribution in [2.45, 2.75) is 24.5 Å². The zero-order valence-corrected chi connectivity index (χ0v) is 26.8. The number of hydrogen-bond acceptors (Lipinski definition) is 4. The van der Waals surface area contributed by atoms with Gasteiger partial charge in [0.2, 0.25) is 0 Å². The van der Waals surface area contributed by atoms with Crippen LogP contribution in [0, 0.1) is 0 Å². The molecule has 1 aliphatic heterocycles. The number of carbonyl (C=O) groups is 3. The Morgan fingerprint density at radius 3 is 1.90 bits per heavy atom. The van der Waals surface area contributed by atoms with E-state index in [1.807, 2.05) is 72.8 Å². The van der Waals surface area contributed by atoms with Crippen molar-refractivity contribution in [1.29, 1.82) is 0 Å². The molecule has 1 heterocycles. The molecule has 6 aromatic rings. The molecule has 1 aliphatic rings. The number of carbonyl (C=O) groups excluding carboxylic acids is 3. The number of likely N-dealkylation sites (tertiary alicyclic amines) is 1. The molecule has 9 heteroatoms. The van der Waals surface area contributed by atoms with Gasteiger partial charge in [-0.25, -0.2) is 0 Å². The van der Waals surface area contributed by atoms with Crippen LogP contribution in [0.25, 0.3) is 32.3 Å². The zero-order valence-electron chi connectivity index (χ0n) is 26.0. The van der Waals surface area contributed by atoms with Crippen LogP contribution in [0.2, 0.25) is 0 Å². The molecule has 8 nitrogen and oxygen atoms in total. The first-order valence-electron chi connectivity index (χ1n) is 15.9. The van der Waals surface area contributed by atoms with Gasteiger partial charge in [-0.3, -0.25) is 18.9 Å². The fourth-order valence-corrected chi connectivity index (χ4v) is 7.77. The van der Waals surface area contributed by atoms with Gasteiger partial charge in [0.15, 0.2) is 5.78 Å². The van der Waals surface area contributed by atoms with Gasteiger partial charge in [0.1, 0.15) is 5.66 Å². The number of hydrogen-bond donors (Lipinski definition) is 3. The van der Waals surface area contributed by atoms with Crippen LogP contribution >= 0.6 is 7.60 Å². The maximum absolute atomic E-state index is 14.3. The van der Waals surface area contributed by atoms with E-state index in [1.165, 1.54) is 0 Å². The highest BCUT2D eigenvalue weighted by Crippen LogP contribution is 2.55. The van der Waals surface area contributed by atoms with Gasteiger partial charge in [0.05, 0.1) is 5.56 Å². The number of nitrogens with one attached hydrogen (secondary N) is 1. The van der Waals surface area contributed by atoms with Crippen LogP contribution in [0.4, 0.5) is 0 Å². The van der Waals surface area contributed by atoms with E-state index in [0.29, 0.717) is 47.7 Å². The van der Waals surface area contributed by atoms with Crippen LogP contribution in [0.15, 0.2) is 121 Å². The summed E-state index contributed by atoms with van der Waals surface area (Å²) in [5.74, 6) is -1.40. The summed E-state index contributed by atoms with van der Waals surface area (Å²) in [5, 5.41) is 7.77. The van der Waals surface area contributed by atoms with Gasteiger partial charge in [0.25, 0.3) is 11.8 Å². The van der Waals surface area contributed by atoms with E-state index in [-0.39, 0.29) is 28.6 Å².